The van der Waals surface area contributed by atoms with Crippen molar-refractivity contribution in [2.75, 3.05) is 19.7 Å². The molecule has 1 N–H and O–H groups in total. The minimum absolute atomic E-state index is 0.518. The van der Waals surface area contributed by atoms with Gasteiger partial charge in [0, 0.05) is 19.1 Å². The van der Waals surface area contributed by atoms with Gasteiger partial charge in [-0.3, -0.25) is 4.90 Å². The van der Waals surface area contributed by atoms with E-state index in [1.54, 1.807) is 0 Å². The Hall–Kier alpha value is -0.610. The van der Waals surface area contributed by atoms with Crippen molar-refractivity contribution in [2.45, 2.75) is 38.3 Å². The predicted molar refractivity (Wildman–Crippen MR) is 55.8 cm³/mol. The normalized spacial score (nSPS) is 30.9. The van der Waals surface area contributed by atoms with Gasteiger partial charge in [-0.15, -0.1) is 0 Å². The molecule has 4 nitrogen and oxygen atoms in total. The molecule has 2 aliphatic rings. The van der Waals surface area contributed by atoms with Gasteiger partial charge < -0.3 is 9.84 Å². The van der Waals surface area contributed by atoms with Crippen molar-refractivity contribution >= 4 is 5.97 Å². The van der Waals surface area contributed by atoms with Crippen LogP contribution in [0.2, 0.25) is 0 Å². The first-order chi connectivity index (χ1) is 7.18. The van der Waals surface area contributed by atoms with Crippen molar-refractivity contribution in [3.05, 3.63) is 0 Å². The van der Waals surface area contributed by atoms with Gasteiger partial charge in [-0.25, -0.2) is 4.79 Å². The van der Waals surface area contributed by atoms with Gasteiger partial charge in [-0.2, -0.15) is 0 Å². The van der Waals surface area contributed by atoms with Crippen LogP contribution < -0.4 is 0 Å². The Morgan fingerprint density at radius 1 is 1.53 bits per heavy atom. The summed E-state index contributed by atoms with van der Waals surface area (Å²) in [5.41, 5.74) is 0. The summed E-state index contributed by atoms with van der Waals surface area (Å²) < 4.78 is 5.21. The van der Waals surface area contributed by atoms with E-state index >= 15 is 0 Å². The van der Waals surface area contributed by atoms with E-state index in [1.807, 2.05) is 0 Å². The lowest BCUT2D eigenvalue weighted by Crippen LogP contribution is -2.52. The SMILES string of the molecule is CC(C1CCC1)N1CCOC(C(=O)O)C1. The van der Waals surface area contributed by atoms with Gasteiger partial charge in [-0.05, 0) is 25.7 Å². The van der Waals surface area contributed by atoms with E-state index in [2.05, 4.69) is 11.8 Å². The molecule has 1 saturated carbocycles. The molecule has 0 amide bonds. The fraction of sp³-hybridized carbons (Fsp3) is 0.909. The minimum Gasteiger partial charge on any atom is -0.479 e. The number of rotatable bonds is 3. The van der Waals surface area contributed by atoms with E-state index in [1.165, 1.54) is 19.3 Å². The zero-order chi connectivity index (χ0) is 10.8. The number of nitrogens with zero attached hydrogens (tertiary/aromatic N) is 1. The smallest absolute Gasteiger partial charge is 0.334 e. The molecule has 86 valence electrons. The van der Waals surface area contributed by atoms with E-state index in [-0.39, 0.29) is 0 Å². The summed E-state index contributed by atoms with van der Waals surface area (Å²) in [5, 5.41) is 8.90. The van der Waals surface area contributed by atoms with E-state index in [9.17, 15) is 4.79 Å². The summed E-state index contributed by atoms with van der Waals surface area (Å²) in [6.45, 7) is 4.19. The molecule has 0 radical (unpaired) electrons. The minimum atomic E-state index is -0.833. The number of carboxylic acids is 1. The Kier molecular flexibility index (Phi) is 3.26. The molecular formula is C11H19NO3. The van der Waals surface area contributed by atoms with Crippen molar-refractivity contribution < 1.29 is 14.6 Å². The van der Waals surface area contributed by atoms with Crippen molar-refractivity contribution in [1.82, 2.24) is 4.90 Å². The number of ether oxygens (including phenoxy) is 1. The molecule has 1 saturated heterocycles. The van der Waals surface area contributed by atoms with Crippen LogP contribution in [-0.4, -0.2) is 47.8 Å². The average molecular weight is 213 g/mol. The molecule has 0 aromatic heterocycles. The number of hydrogen-bond acceptors (Lipinski definition) is 3. The molecule has 1 heterocycles. The van der Waals surface area contributed by atoms with Crippen LogP contribution in [0.3, 0.4) is 0 Å². The van der Waals surface area contributed by atoms with Gasteiger partial charge in [0.15, 0.2) is 6.10 Å². The van der Waals surface area contributed by atoms with Crippen molar-refractivity contribution in [3.8, 4) is 0 Å². The zero-order valence-corrected chi connectivity index (χ0v) is 9.19. The maximum atomic E-state index is 10.8. The monoisotopic (exact) mass is 213 g/mol. The Bertz CT molecular complexity index is 240. The molecule has 1 aliphatic carbocycles. The van der Waals surface area contributed by atoms with Crippen molar-refractivity contribution in [3.63, 3.8) is 0 Å². The summed E-state index contributed by atoms with van der Waals surface area (Å²) in [6, 6.07) is 0.518. The van der Waals surface area contributed by atoms with Crippen LogP contribution in [0, 0.1) is 5.92 Å². The summed E-state index contributed by atoms with van der Waals surface area (Å²) in [4.78, 5) is 13.1. The Balaban J connectivity index is 1.88. The van der Waals surface area contributed by atoms with Crippen LogP contribution in [0.4, 0.5) is 0 Å². The second-order valence-corrected chi connectivity index (χ2v) is 4.62. The standard InChI is InChI=1S/C11H19NO3/c1-8(9-3-2-4-9)12-5-6-15-10(7-12)11(13)14/h8-10H,2-7H2,1H3,(H,13,14). The second-order valence-electron chi connectivity index (χ2n) is 4.62. The Labute approximate surface area is 90.2 Å². The van der Waals surface area contributed by atoms with Crippen LogP contribution in [0.1, 0.15) is 26.2 Å². The highest BCUT2D eigenvalue weighted by Gasteiger charge is 2.33. The fourth-order valence-electron chi connectivity index (χ4n) is 2.41. The molecule has 4 heteroatoms. The number of morpholine rings is 1. The largest absolute Gasteiger partial charge is 0.479 e. The van der Waals surface area contributed by atoms with Crippen LogP contribution in [-0.2, 0) is 9.53 Å². The third-order valence-electron chi connectivity index (χ3n) is 3.78. The topological polar surface area (TPSA) is 49.8 Å². The van der Waals surface area contributed by atoms with Gasteiger partial charge in [0.2, 0.25) is 0 Å². The highest BCUT2D eigenvalue weighted by Crippen LogP contribution is 2.32. The van der Waals surface area contributed by atoms with E-state index in [4.69, 9.17) is 9.84 Å². The maximum Gasteiger partial charge on any atom is 0.334 e. The molecule has 0 aromatic carbocycles. The number of carbonyl (C=O) groups is 1. The first-order valence-electron chi connectivity index (χ1n) is 5.77. The zero-order valence-electron chi connectivity index (χ0n) is 9.19. The molecule has 15 heavy (non-hydrogen) atoms. The highest BCUT2D eigenvalue weighted by molar-refractivity contribution is 5.72. The number of carboxylic acid groups (broad SMARTS) is 1. The highest BCUT2D eigenvalue weighted by atomic mass is 16.5. The summed E-state index contributed by atoms with van der Waals surface area (Å²) in [6.07, 6.45) is 3.31. The molecule has 2 unspecified atom stereocenters. The van der Waals surface area contributed by atoms with E-state index in [0.717, 1.165) is 12.5 Å². The summed E-state index contributed by atoms with van der Waals surface area (Å²) in [5.74, 6) is -0.0574. The molecule has 1 aliphatic heterocycles. The molecule has 2 fully saturated rings. The van der Waals surface area contributed by atoms with Crippen molar-refractivity contribution in [2.24, 2.45) is 5.92 Å². The molecular weight excluding hydrogens is 194 g/mol. The van der Waals surface area contributed by atoms with Crippen molar-refractivity contribution in [1.29, 1.82) is 0 Å². The third-order valence-corrected chi connectivity index (χ3v) is 3.78. The fourth-order valence-corrected chi connectivity index (χ4v) is 2.41. The van der Waals surface area contributed by atoms with E-state index < -0.39 is 12.1 Å². The lowest BCUT2D eigenvalue weighted by molar-refractivity contribution is -0.157. The van der Waals surface area contributed by atoms with Crippen LogP contribution >= 0.6 is 0 Å². The lowest BCUT2D eigenvalue weighted by atomic mass is 9.79. The summed E-state index contributed by atoms with van der Waals surface area (Å²) >= 11 is 0. The number of aliphatic carboxylic acids is 1. The number of hydrogen-bond donors (Lipinski definition) is 1. The first-order valence-corrected chi connectivity index (χ1v) is 5.77. The molecule has 0 spiro atoms. The quantitative estimate of drug-likeness (QED) is 0.758. The summed E-state index contributed by atoms with van der Waals surface area (Å²) in [7, 11) is 0. The predicted octanol–water partition coefficient (Wildman–Crippen LogP) is 0.960. The maximum absolute atomic E-state index is 10.8. The second kappa shape index (κ2) is 4.49. The molecule has 0 bridgehead atoms. The molecule has 2 atom stereocenters. The van der Waals surface area contributed by atoms with Gasteiger partial charge in [0.05, 0.1) is 6.61 Å². The van der Waals surface area contributed by atoms with Crippen LogP contribution in [0.5, 0.6) is 0 Å². The van der Waals surface area contributed by atoms with Gasteiger partial charge >= 0.3 is 5.97 Å². The van der Waals surface area contributed by atoms with Gasteiger partial charge in [0.25, 0.3) is 0 Å². The average Bonchev–Trinajstić information content (AvgIpc) is 2.15. The van der Waals surface area contributed by atoms with Crippen LogP contribution in [0.15, 0.2) is 0 Å². The Morgan fingerprint density at radius 3 is 2.80 bits per heavy atom. The first kappa shape index (κ1) is 10.9. The van der Waals surface area contributed by atoms with Crippen LogP contribution in [0.25, 0.3) is 0 Å². The van der Waals surface area contributed by atoms with Gasteiger partial charge in [0.1, 0.15) is 0 Å². The third kappa shape index (κ3) is 2.32. The van der Waals surface area contributed by atoms with Gasteiger partial charge in [-0.1, -0.05) is 6.42 Å². The van der Waals surface area contributed by atoms with E-state index in [0.29, 0.717) is 19.2 Å². The lowest BCUT2D eigenvalue weighted by Gasteiger charge is -2.42. The molecule has 0 aromatic rings. The Morgan fingerprint density at radius 2 is 2.27 bits per heavy atom. The molecule has 2 rings (SSSR count).